The molecule has 0 spiro atoms. The summed E-state index contributed by atoms with van der Waals surface area (Å²) in [5.41, 5.74) is 14.8. The fraction of sp³-hybridized carbons (Fsp3) is 0.435. The standard InChI is InChI=1S/C23H25ClF6N6O2S/c24-18-11-14(23(32)33-20(31)34-35-23)10-17(22(28,29)30)19(18)13-3-5-15(6-4-13)39(37,38)16-2-1-8-36(12-16)9-7-21(25,26)27/h3-6,10-11,16,35H,1-2,7-9,12,32H2,(H3,31,33,34). The minimum Gasteiger partial charge on any atom is -0.369 e. The van der Waals surface area contributed by atoms with Gasteiger partial charge in [-0.15, -0.1) is 0 Å². The van der Waals surface area contributed by atoms with Gasteiger partial charge >= 0.3 is 12.4 Å². The fourth-order valence-electron chi connectivity index (χ4n) is 4.64. The van der Waals surface area contributed by atoms with Gasteiger partial charge in [-0.25, -0.2) is 13.4 Å². The van der Waals surface area contributed by atoms with Gasteiger partial charge in [0.2, 0.25) is 11.7 Å². The number of rotatable bonds is 6. The van der Waals surface area contributed by atoms with Crippen molar-refractivity contribution in [2.45, 2.75) is 47.5 Å². The summed E-state index contributed by atoms with van der Waals surface area (Å²) in [7, 11) is -3.96. The Labute approximate surface area is 225 Å². The summed E-state index contributed by atoms with van der Waals surface area (Å²) in [6.07, 6.45) is -9.60. The molecule has 1 fully saturated rings. The second-order valence-electron chi connectivity index (χ2n) is 9.39. The second-order valence-corrected chi connectivity index (χ2v) is 12.0. The summed E-state index contributed by atoms with van der Waals surface area (Å²) in [4.78, 5) is 5.18. The number of hydrogen-bond donors (Lipinski definition) is 4. The summed E-state index contributed by atoms with van der Waals surface area (Å²) in [6, 6.07) is 6.72. The van der Waals surface area contributed by atoms with E-state index in [-0.39, 0.29) is 52.1 Å². The Morgan fingerprint density at radius 2 is 1.79 bits per heavy atom. The highest BCUT2D eigenvalue weighted by atomic mass is 35.5. The number of nitrogens with one attached hydrogen (secondary N) is 2. The summed E-state index contributed by atoms with van der Waals surface area (Å²) < 4.78 is 107. The number of alkyl halides is 6. The first-order valence-electron chi connectivity index (χ1n) is 11.7. The molecule has 0 bridgehead atoms. The summed E-state index contributed by atoms with van der Waals surface area (Å²) in [5.74, 6) is -1.94. The first kappa shape index (κ1) is 29.4. The molecule has 0 amide bonds. The molecule has 2 aromatic carbocycles. The first-order valence-corrected chi connectivity index (χ1v) is 13.6. The first-order chi connectivity index (χ1) is 18.0. The van der Waals surface area contributed by atoms with Gasteiger partial charge in [0.05, 0.1) is 22.1 Å². The molecular weight excluding hydrogens is 574 g/mol. The minimum absolute atomic E-state index is 0.000124. The van der Waals surface area contributed by atoms with Crippen molar-refractivity contribution in [1.82, 2.24) is 15.8 Å². The van der Waals surface area contributed by atoms with E-state index < -0.39 is 45.2 Å². The Kier molecular flexibility index (Phi) is 7.86. The maximum Gasteiger partial charge on any atom is 0.417 e. The van der Waals surface area contributed by atoms with Gasteiger partial charge in [-0.3, -0.25) is 11.2 Å². The van der Waals surface area contributed by atoms with Gasteiger partial charge in [0, 0.05) is 29.2 Å². The number of hydrazine groups is 1. The van der Waals surface area contributed by atoms with Crippen molar-refractivity contribution >= 4 is 27.4 Å². The Morgan fingerprint density at radius 3 is 2.36 bits per heavy atom. The van der Waals surface area contributed by atoms with Crippen LogP contribution in [0, 0.1) is 0 Å². The SMILES string of the molecule is NC1=NC(N)(c2cc(Cl)c(-c3ccc(S(=O)(=O)C4CCCN(CCC(F)(F)F)C4)cc3)c(C(F)(F)F)c2)NN1. The van der Waals surface area contributed by atoms with Crippen LogP contribution in [0.5, 0.6) is 0 Å². The number of benzene rings is 2. The van der Waals surface area contributed by atoms with Crippen molar-refractivity contribution in [1.29, 1.82) is 0 Å². The number of likely N-dealkylation sites (tertiary alicyclic amines) is 1. The van der Waals surface area contributed by atoms with Gasteiger partial charge in [-0.1, -0.05) is 23.7 Å². The molecule has 39 heavy (non-hydrogen) atoms. The van der Waals surface area contributed by atoms with Crippen LogP contribution in [0.3, 0.4) is 0 Å². The fourth-order valence-corrected chi connectivity index (χ4v) is 6.76. The molecule has 0 aromatic heterocycles. The van der Waals surface area contributed by atoms with E-state index in [9.17, 15) is 34.8 Å². The van der Waals surface area contributed by atoms with Crippen LogP contribution < -0.4 is 22.3 Å². The second kappa shape index (κ2) is 10.4. The Hall–Kier alpha value is -2.59. The number of sulfone groups is 1. The van der Waals surface area contributed by atoms with Crippen molar-refractivity contribution in [3.8, 4) is 11.1 Å². The van der Waals surface area contributed by atoms with E-state index in [4.69, 9.17) is 23.1 Å². The molecule has 214 valence electrons. The average Bonchev–Trinajstić information content (AvgIpc) is 3.21. The number of nitrogens with two attached hydrogens (primary N) is 2. The van der Waals surface area contributed by atoms with Gasteiger partial charge in [0.1, 0.15) is 0 Å². The molecule has 4 rings (SSSR count). The highest BCUT2D eigenvalue weighted by Crippen LogP contribution is 2.43. The smallest absolute Gasteiger partial charge is 0.369 e. The molecule has 6 N–H and O–H groups in total. The maximum atomic E-state index is 14.1. The lowest BCUT2D eigenvalue weighted by Crippen LogP contribution is -2.50. The van der Waals surface area contributed by atoms with Crippen LogP contribution in [0.15, 0.2) is 46.3 Å². The van der Waals surface area contributed by atoms with Crippen molar-refractivity contribution in [2.24, 2.45) is 16.5 Å². The highest BCUT2D eigenvalue weighted by Gasteiger charge is 2.40. The molecule has 8 nitrogen and oxygen atoms in total. The zero-order valence-electron chi connectivity index (χ0n) is 20.2. The molecule has 2 aliphatic rings. The lowest BCUT2D eigenvalue weighted by atomic mass is 9.95. The van der Waals surface area contributed by atoms with Crippen LogP contribution >= 0.6 is 11.6 Å². The van der Waals surface area contributed by atoms with Gasteiger partial charge in [-0.2, -0.15) is 31.8 Å². The van der Waals surface area contributed by atoms with E-state index in [1.807, 2.05) is 0 Å². The van der Waals surface area contributed by atoms with Gasteiger partial charge < -0.3 is 10.6 Å². The Balaban J connectivity index is 1.63. The normalized spacial score (nSPS) is 23.0. The van der Waals surface area contributed by atoms with E-state index in [2.05, 4.69) is 15.8 Å². The largest absolute Gasteiger partial charge is 0.417 e. The number of aliphatic imine (C=N–C) groups is 1. The minimum atomic E-state index is -4.86. The van der Waals surface area contributed by atoms with Gasteiger partial charge in [0.15, 0.2) is 9.84 Å². The van der Waals surface area contributed by atoms with Crippen LogP contribution in [0.1, 0.15) is 30.4 Å². The zero-order chi connectivity index (χ0) is 28.8. The molecule has 0 saturated carbocycles. The molecule has 2 unspecified atom stereocenters. The Bertz CT molecular complexity index is 1370. The number of nitrogens with zero attached hydrogens (tertiary/aromatic N) is 2. The van der Waals surface area contributed by atoms with Gasteiger partial charge in [0.25, 0.3) is 0 Å². The van der Waals surface area contributed by atoms with E-state index in [1.54, 1.807) is 0 Å². The van der Waals surface area contributed by atoms with Crippen molar-refractivity contribution < 1.29 is 34.8 Å². The number of hydrogen-bond acceptors (Lipinski definition) is 8. The average molecular weight is 599 g/mol. The van der Waals surface area contributed by atoms with E-state index >= 15 is 0 Å². The third-order valence-corrected chi connectivity index (χ3v) is 9.09. The zero-order valence-corrected chi connectivity index (χ0v) is 21.8. The molecule has 16 heteroatoms. The topological polar surface area (TPSA) is 126 Å². The predicted octanol–water partition coefficient (Wildman–Crippen LogP) is 3.71. The van der Waals surface area contributed by atoms with E-state index in [1.165, 1.54) is 35.2 Å². The molecule has 2 aromatic rings. The molecule has 2 atom stereocenters. The third kappa shape index (κ3) is 6.43. The van der Waals surface area contributed by atoms with Crippen LogP contribution in [0.4, 0.5) is 26.3 Å². The summed E-state index contributed by atoms with van der Waals surface area (Å²) >= 11 is 6.29. The lowest BCUT2D eigenvalue weighted by molar-refractivity contribution is -0.138. The van der Waals surface area contributed by atoms with E-state index in [0.717, 1.165) is 6.07 Å². The van der Waals surface area contributed by atoms with E-state index in [0.29, 0.717) is 13.0 Å². The van der Waals surface area contributed by atoms with Crippen LogP contribution in [-0.4, -0.2) is 50.3 Å². The number of guanidine groups is 1. The third-order valence-electron chi connectivity index (χ3n) is 6.60. The van der Waals surface area contributed by atoms with Gasteiger partial charge in [-0.05, 0) is 49.2 Å². The van der Waals surface area contributed by atoms with Crippen molar-refractivity contribution in [3.05, 3.63) is 52.5 Å². The lowest BCUT2D eigenvalue weighted by Gasteiger charge is -2.32. The number of halogens is 7. The molecule has 2 heterocycles. The van der Waals surface area contributed by atoms with Crippen LogP contribution in [-0.2, 0) is 21.8 Å². The molecule has 1 saturated heterocycles. The molecule has 2 aliphatic heterocycles. The van der Waals surface area contributed by atoms with Crippen LogP contribution in [0.25, 0.3) is 11.1 Å². The van der Waals surface area contributed by atoms with Crippen LogP contribution in [0.2, 0.25) is 5.02 Å². The quantitative estimate of drug-likeness (QED) is 0.374. The molecule has 0 radical (unpaired) electrons. The summed E-state index contributed by atoms with van der Waals surface area (Å²) in [6.45, 7) is -0.0253. The van der Waals surface area contributed by atoms with Crippen molar-refractivity contribution in [2.75, 3.05) is 19.6 Å². The van der Waals surface area contributed by atoms with Crippen molar-refractivity contribution in [3.63, 3.8) is 0 Å². The molecule has 0 aliphatic carbocycles. The summed E-state index contributed by atoms with van der Waals surface area (Å²) in [5, 5.41) is -1.25. The highest BCUT2D eigenvalue weighted by molar-refractivity contribution is 7.92. The molecular formula is C23H25ClF6N6O2S. The maximum absolute atomic E-state index is 14.1. The predicted molar refractivity (Wildman–Crippen MR) is 133 cm³/mol. The Morgan fingerprint density at radius 1 is 1.13 bits per heavy atom. The number of piperidine rings is 1. The monoisotopic (exact) mass is 598 g/mol.